The zero-order valence-corrected chi connectivity index (χ0v) is 9.17. The van der Waals surface area contributed by atoms with Gasteiger partial charge in [0.15, 0.2) is 0 Å². The van der Waals surface area contributed by atoms with E-state index in [1.807, 2.05) is 18.2 Å². The third-order valence-electron chi connectivity index (χ3n) is 2.34. The lowest BCUT2D eigenvalue weighted by Crippen LogP contribution is -2.19. The van der Waals surface area contributed by atoms with E-state index in [-0.39, 0.29) is 6.04 Å². The average molecular weight is 214 g/mol. The summed E-state index contributed by atoms with van der Waals surface area (Å²) < 4.78 is 0. The van der Waals surface area contributed by atoms with Crippen LogP contribution in [0.2, 0.25) is 0 Å². The van der Waals surface area contributed by atoms with Gasteiger partial charge in [-0.2, -0.15) is 0 Å². The van der Waals surface area contributed by atoms with E-state index in [1.54, 1.807) is 24.8 Å². The monoisotopic (exact) mass is 214 g/mol. The van der Waals surface area contributed by atoms with Crippen molar-refractivity contribution in [3.8, 4) is 0 Å². The van der Waals surface area contributed by atoms with E-state index in [0.717, 1.165) is 11.4 Å². The fourth-order valence-electron chi connectivity index (χ4n) is 1.42. The van der Waals surface area contributed by atoms with Gasteiger partial charge in [0.05, 0.1) is 11.4 Å². The Bertz CT molecular complexity index is 416. The van der Waals surface area contributed by atoms with Crippen LogP contribution < -0.4 is 5.32 Å². The molecule has 0 saturated carbocycles. The van der Waals surface area contributed by atoms with E-state index >= 15 is 0 Å². The minimum atomic E-state index is 0.211. The Labute approximate surface area is 94.8 Å². The molecule has 16 heavy (non-hydrogen) atoms. The number of hydrogen-bond donors (Lipinski definition) is 1. The van der Waals surface area contributed by atoms with Crippen LogP contribution in [0.1, 0.15) is 24.4 Å². The topological polar surface area (TPSA) is 50.7 Å². The predicted molar refractivity (Wildman–Crippen MR) is 61.5 cm³/mol. The van der Waals surface area contributed by atoms with Gasteiger partial charge in [-0.05, 0) is 19.1 Å². The van der Waals surface area contributed by atoms with E-state index in [4.69, 9.17) is 0 Å². The van der Waals surface area contributed by atoms with Gasteiger partial charge in [-0.1, -0.05) is 6.07 Å². The van der Waals surface area contributed by atoms with Crippen molar-refractivity contribution in [1.82, 2.24) is 20.3 Å². The second kappa shape index (κ2) is 5.32. The smallest absolute Gasteiger partial charge is 0.0724 e. The van der Waals surface area contributed by atoms with Crippen LogP contribution in [0.15, 0.2) is 43.0 Å². The van der Waals surface area contributed by atoms with Crippen molar-refractivity contribution in [3.05, 3.63) is 54.4 Å². The first-order chi connectivity index (χ1) is 7.86. The fourth-order valence-corrected chi connectivity index (χ4v) is 1.42. The summed E-state index contributed by atoms with van der Waals surface area (Å²) in [6, 6.07) is 6.12. The Morgan fingerprint density at radius 1 is 1.19 bits per heavy atom. The molecule has 0 bridgehead atoms. The highest BCUT2D eigenvalue weighted by Crippen LogP contribution is 2.08. The summed E-state index contributed by atoms with van der Waals surface area (Å²) >= 11 is 0. The fraction of sp³-hybridized carbons (Fsp3) is 0.250. The van der Waals surface area contributed by atoms with E-state index in [9.17, 15) is 0 Å². The van der Waals surface area contributed by atoms with Crippen LogP contribution in [0.25, 0.3) is 0 Å². The first-order valence-corrected chi connectivity index (χ1v) is 5.25. The second-order valence-corrected chi connectivity index (χ2v) is 3.55. The standard InChI is InChI=1S/C12H14N4/c1-10(12-4-2-3-5-15-12)16-9-11-8-13-6-7-14-11/h2-8,10,16H,9H2,1H3/t10-/m0/s1. The minimum absolute atomic E-state index is 0.211. The van der Waals surface area contributed by atoms with Gasteiger partial charge in [0.1, 0.15) is 0 Å². The van der Waals surface area contributed by atoms with Crippen LogP contribution in [0, 0.1) is 0 Å². The zero-order valence-electron chi connectivity index (χ0n) is 9.17. The molecule has 4 heteroatoms. The Morgan fingerprint density at radius 3 is 2.81 bits per heavy atom. The lowest BCUT2D eigenvalue weighted by Gasteiger charge is -2.12. The summed E-state index contributed by atoms with van der Waals surface area (Å²) in [6.07, 6.45) is 6.93. The van der Waals surface area contributed by atoms with Crippen LogP contribution >= 0.6 is 0 Å². The molecule has 2 aromatic rings. The molecule has 82 valence electrons. The van der Waals surface area contributed by atoms with E-state index in [1.165, 1.54) is 0 Å². The molecule has 1 atom stereocenters. The highest BCUT2D eigenvalue weighted by molar-refractivity contribution is 5.08. The minimum Gasteiger partial charge on any atom is -0.303 e. The van der Waals surface area contributed by atoms with Crippen LogP contribution in [0.4, 0.5) is 0 Å². The number of rotatable bonds is 4. The van der Waals surface area contributed by atoms with Crippen molar-refractivity contribution < 1.29 is 0 Å². The van der Waals surface area contributed by atoms with Crippen molar-refractivity contribution in [2.45, 2.75) is 19.5 Å². The normalized spacial score (nSPS) is 12.3. The number of nitrogens with zero attached hydrogens (tertiary/aromatic N) is 3. The summed E-state index contributed by atoms with van der Waals surface area (Å²) in [5.74, 6) is 0. The molecule has 2 rings (SSSR count). The summed E-state index contributed by atoms with van der Waals surface area (Å²) in [7, 11) is 0. The number of nitrogens with one attached hydrogen (secondary N) is 1. The Morgan fingerprint density at radius 2 is 2.12 bits per heavy atom. The molecule has 0 aliphatic heterocycles. The highest BCUT2D eigenvalue weighted by atomic mass is 15.0. The van der Waals surface area contributed by atoms with E-state index in [2.05, 4.69) is 27.2 Å². The van der Waals surface area contributed by atoms with Crippen LogP contribution in [0.3, 0.4) is 0 Å². The molecule has 2 heterocycles. The predicted octanol–water partition coefficient (Wildman–Crippen LogP) is 1.72. The van der Waals surface area contributed by atoms with Gasteiger partial charge < -0.3 is 5.32 Å². The van der Waals surface area contributed by atoms with Gasteiger partial charge in [0.2, 0.25) is 0 Å². The molecule has 0 spiro atoms. The third-order valence-corrected chi connectivity index (χ3v) is 2.34. The Balaban J connectivity index is 1.92. The molecule has 2 aromatic heterocycles. The Kier molecular flexibility index (Phi) is 3.56. The van der Waals surface area contributed by atoms with Crippen LogP contribution in [-0.4, -0.2) is 15.0 Å². The summed E-state index contributed by atoms with van der Waals surface area (Å²) in [5.41, 5.74) is 1.97. The quantitative estimate of drug-likeness (QED) is 0.842. The van der Waals surface area contributed by atoms with E-state index in [0.29, 0.717) is 6.54 Å². The number of hydrogen-bond acceptors (Lipinski definition) is 4. The SMILES string of the molecule is C[C@H](NCc1cnccn1)c1ccccn1. The molecule has 0 amide bonds. The van der Waals surface area contributed by atoms with Crippen LogP contribution in [-0.2, 0) is 6.54 Å². The molecule has 0 radical (unpaired) electrons. The summed E-state index contributed by atoms with van der Waals surface area (Å²) in [5, 5.41) is 3.35. The average Bonchev–Trinajstić information content (AvgIpc) is 2.38. The van der Waals surface area contributed by atoms with Gasteiger partial charge in [-0.15, -0.1) is 0 Å². The van der Waals surface area contributed by atoms with Gasteiger partial charge in [0.25, 0.3) is 0 Å². The third kappa shape index (κ3) is 2.84. The van der Waals surface area contributed by atoms with Crippen LogP contribution in [0.5, 0.6) is 0 Å². The maximum atomic E-state index is 4.29. The highest BCUT2D eigenvalue weighted by Gasteiger charge is 2.05. The van der Waals surface area contributed by atoms with E-state index < -0.39 is 0 Å². The number of aromatic nitrogens is 3. The Hall–Kier alpha value is -1.81. The molecular weight excluding hydrogens is 200 g/mol. The van der Waals surface area contributed by atoms with Crippen molar-refractivity contribution in [3.63, 3.8) is 0 Å². The molecule has 0 saturated heterocycles. The van der Waals surface area contributed by atoms with Gasteiger partial charge in [-0.25, -0.2) is 0 Å². The molecule has 0 fully saturated rings. The molecule has 0 unspecified atom stereocenters. The second-order valence-electron chi connectivity index (χ2n) is 3.55. The van der Waals surface area contributed by atoms with Crippen molar-refractivity contribution in [2.24, 2.45) is 0 Å². The lowest BCUT2D eigenvalue weighted by atomic mass is 10.2. The van der Waals surface area contributed by atoms with Gasteiger partial charge in [-0.3, -0.25) is 15.0 Å². The number of pyridine rings is 1. The summed E-state index contributed by atoms with van der Waals surface area (Å²) in [4.78, 5) is 12.5. The maximum Gasteiger partial charge on any atom is 0.0724 e. The molecule has 1 N–H and O–H groups in total. The molecular formula is C12H14N4. The lowest BCUT2D eigenvalue weighted by molar-refractivity contribution is 0.554. The van der Waals surface area contributed by atoms with Crippen molar-refractivity contribution in [2.75, 3.05) is 0 Å². The zero-order chi connectivity index (χ0) is 11.2. The first-order valence-electron chi connectivity index (χ1n) is 5.25. The molecule has 0 aromatic carbocycles. The summed E-state index contributed by atoms with van der Waals surface area (Å²) in [6.45, 7) is 2.78. The van der Waals surface area contributed by atoms with Gasteiger partial charge in [0, 0.05) is 37.4 Å². The first kappa shape index (κ1) is 10.7. The molecule has 4 nitrogen and oxygen atoms in total. The maximum absolute atomic E-state index is 4.29. The molecule has 0 aliphatic rings. The molecule has 0 aliphatic carbocycles. The van der Waals surface area contributed by atoms with Crippen molar-refractivity contribution in [1.29, 1.82) is 0 Å². The van der Waals surface area contributed by atoms with Crippen molar-refractivity contribution >= 4 is 0 Å². The van der Waals surface area contributed by atoms with Gasteiger partial charge >= 0.3 is 0 Å². The largest absolute Gasteiger partial charge is 0.303 e.